The number of para-hydroxylation sites is 2. The highest BCUT2D eigenvalue weighted by Gasteiger charge is 2.35. The molecule has 0 bridgehead atoms. The second-order valence-electron chi connectivity index (χ2n) is 12.1. The zero-order valence-corrected chi connectivity index (χ0v) is 25.8. The lowest BCUT2D eigenvalue weighted by atomic mass is 9.81. The summed E-state index contributed by atoms with van der Waals surface area (Å²) >= 11 is 0. The van der Waals surface area contributed by atoms with Crippen molar-refractivity contribution in [3.8, 4) is 11.1 Å². The summed E-state index contributed by atoms with van der Waals surface area (Å²) in [5.74, 6) is 0.649. The number of rotatable bonds is 9. The third-order valence-electron chi connectivity index (χ3n) is 8.98. The molecule has 0 aliphatic heterocycles. The topological polar surface area (TPSA) is 3.24 Å². The van der Waals surface area contributed by atoms with Crippen molar-refractivity contribution in [1.82, 2.24) is 0 Å². The van der Waals surface area contributed by atoms with Gasteiger partial charge in [0.2, 0.25) is 0 Å². The van der Waals surface area contributed by atoms with Crippen LogP contribution in [-0.2, 0) is 5.41 Å². The minimum Gasteiger partial charge on any atom is -0.311 e. The van der Waals surface area contributed by atoms with E-state index in [-0.39, 0.29) is 5.41 Å². The van der Waals surface area contributed by atoms with Crippen molar-refractivity contribution in [3.63, 3.8) is 0 Å². The Kier molecular flexibility index (Phi) is 8.16. The van der Waals surface area contributed by atoms with Gasteiger partial charge in [-0.2, -0.15) is 0 Å². The second-order valence-corrected chi connectivity index (χ2v) is 12.1. The fourth-order valence-electron chi connectivity index (χ4n) is 6.32. The van der Waals surface area contributed by atoms with Gasteiger partial charge >= 0.3 is 0 Å². The van der Waals surface area contributed by atoms with E-state index in [9.17, 15) is 0 Å². The second kappa shape index (κ2) is 12.3. The van der Waals surface area contributed by atoms with Crippen LogP contribution in [0.1, 0.15) is 68.4 Å². The molecule has 0 unspecified atom stereocenters. The molecule has 0 amide bonds. The van der Waals surface area contributed by atoms with Gasteiger partial charge in [-0.3, -0.25) is 0 Å². The van der Waals surface area contributed by atoms with Gasteiger partial charge in [0, 0.05) is 22.5 Å². The van der Waals surface area contributed by atoms with Crippen LogP contribution < -0.4 is 4.90 Å². The lowest BCUT2D eigenvalue weighted by Gasteiger charge is -2.25. The molecule has 43 heavy (non-hydrogen) atoms. The van der Waals surface area contributed by atoms with E-state index >= 15 is 0 Å². The average Bonchev–Trinajstić information content (AvgIpc) is 3.27. The summed E-state index contributed by atoms with van der Waals surface area (Å²) in [6.45, 7) is 9.27. The molecule has 5 aromatic carbocycles. The van der Waals surface area contributed by atoms with E-state index in [0.717, 1.165) is 17.1 Å². The highest BCUT2D eigenvalue weighted by molar-refractivity contribution is 5.84. The van der Waals surface area contributed by atoms with Crippen LogP contribution in [0, 0.1) is 5.92 Å². The highest BCUT2D eigenvalue weighted by Crippen LogP contribution is 2.49. The number of allylic oxidation sites excluding steroid dienone is 1. The Hall–Kier alpha value is -4.62. The third kappa shape index (κ3) is 5.86. The van der Waals surface area contributed by atoms with Gasteiger partial charge < -0.3 is 4.90 Å². The summed E-state index contributed by atoms with van der Waals surface area (Å²) in [4.78, 5) is 2.29. The van der Waals surface area contributed by atoms with E-state index in [4.69, 9.17) is 0 Å². The zero-order valence-electron chi connectivity index (χ0n) is 25.8. The third-order valence-corrected chi connectivity index (χ3v) is 8.98. The molecule has 214 valence electrons. The largest absolute Gasteiger partial charge is 0.311 e. The van der Waals surface area contributed by atoms with E-state index in [0.29, 0.717) is 5.92 Å². The van der Waals surface area contributed by atoms with Gasteiger partial charge in [-0.25, -0.2) is 0 Å². The number of benzene rings is 5. The smallest absolute Gasteiger partial charge is 0.0462 e. The molecule has 6 rings (SSSR count). The first kappa shape index (κ1) is 28.5. The molecule has 1 heteroatoms. The summed E-state index contributed by atoms with van der Waals surface area (Å²) in [6, 6.07) is 43.8. The van der Waals surface area contributed by atoms with Crippen LogP contribution in [0.25, 0.3) is 29.4 Å². The molecule has 1 aliphatic carbocycles. The Labute approximate surface area is 257 Å². The highest BCUT2D eigenvalue weighted by atomic mass is 15.1. The van der Waals surface area contributed by atoms with Gasteiger partial charge in [-0.15, -0.1) is 0 Å². The minimum absolute atomic E-state index is 0.0345. The summed E-state index contributed by atoms with van der Waals surface area (Å²) < 4.78 is 0. The molecular formula is C42H41N. The molecule has 0 aromatic heterocycles. The molecule has 0 fully saturated rings. The van der Waals surface area contributed by atoms with E-state index in [1.165, 1.54) is 51.8 Å². The monoisotopic (exact) mass is 559 g/mol. The summed E-state index contributed by atoms with van der Waals surface area (Å²) in [5.41, 5.74) is 12.7. The predicted molar refractivity (Wildman–Crippen MR) is 187 cm³/mol. The van der Waals surface area contributed by atoms with Gasteiger partial charge in [0.25, 0.3) is 0 Å². The Balaban J connectivity index is 1.23. The van der Waals surface area contributed by atoms with Gasteiger partial charge in [0.15, 0.2) is 0 Å². The minimum atomic E-state index is -0.0345. The lowest BCUT2D eigenvalue weighted by molar-refractivity contribution is 0.608. The van der Waals surface area contributed by atoms with E-state index in [1.54, 1.807) is 0 Å². The average molecular weight is 560 g/mol. The maximum absolute atomic E-state index is 2.40. The first-order chi connectivity index (χ1) is 21.0. The van der Waals surface area contributed by atoms with Gasteiger partial charge in [-0.05, 0) is 94.1 Å². The Bertz CT molecular complexity index is 1700. The van der Waals surface area contributed by atoms with Gasteiger partial charge in [0.05, 0.1) is 0 Å². The van der Waals surface area contributed by atoms with Gasteiger partial charge in [-0.1, -0.05) is 137 Å². The van der Waals surface area contributed by atoms with Crippen molar-refractivity contribution >= 4 is 35.3 Å². The van der Waals surface area contributed by atoms with Crippen molar-refractivity contribution in [2.45, 2.75) is 46.0 Å². The number of anilines is 3. The van der Waals surface area contributed by atoms with Crippen LogP contribution in [0.3, 0.4) is 0 Å². The maximum atomic E-state index is 2.40. The normalized spacial score (nSPS) is 13.5. The van der Waals surface area contributed by atoms with E-state index < -0.39 is 0 Å². The molecule has 0 saturated heterocycles. The summed E-state index contributed by atoms with van der Waals surface area (Å²) in [6.07, 6.45) is 11.5. The molecule has 1 nitrogen and oxygen atoms in total. The van der Waals surface area contributed by atoms with Crippen LogP contribution in [0.5, 0.6) is 0 Å². The maximum Gasteiger partial charge on any atom is 0.0462 e. The summed E-state index contributed by atoms with van der Waals surface area (Å²) in [5, 5.41) is 0. The molecular weight excluding hydrogens is 518 g/mol. The number of hydrogen-bond acceptors (Lipinski definition) is 1. The Morgan fingerprint density at radius 1 is 0.535 bits per heavy atom. The van der Waals surface area contributed by atoms with Crippen LogP contribution in [0.15, 0.2) is 127 Å². The number of fused-ring (bicyclic) bond motifs is 3. The fraction of sp³-hybridized carbons (Fsp3) is 0.190. The molecule has 0 saturated carbocycles. The SMILES string of the molecule is CCC(C=Cc1ccc2c(c1)C(C)(C)c1cc(C=Cc3ccc(N(c4ccccc4)c4ccccc4)cc3)ccc1-2)CC. The van der Waals surface area contributed by atoms with Gasteiger partial charge in [0.1, 0.15) is 0 Å². The summed E-state index contributed by atoms with van der Waals surface area (Å²) in [7, 11) is 0. The predicted octanol–water partition coefficient (Wildman–Crippen LogP) is 12.1. The molecule has 1 aliphatic rings. The van der Waals surface area contributed by atoms with Crippen molar-refractivity contribution in [2.24, 2.45) is 5.92 Å². The van der Waals surface area contributed by atoms with Crippen molar-refractivity contribution in [1.29, 1.82) is 0 Å². The Morgan fingerprint density at radius 2 is 0.977 bits per heavy atom. The Morgan fingerprint density at radius 3 is 1.49 bits per heavy atom. The van der Waals surface area contributed by atoms with Crippen LogP contribution >= 0.6 is 0 Å². The first-order valence-electron chi connectivity index (χ1n) is 15.6. The first-order valence-corrected chi connectivity index (χ1v) is 15.6. The zero-order chi connectivity index (χ0) is 29.8. The van der Waals surface area contributed by atoms with Crippen molar-refractivity contribution < 1.29 is 0 Å². The van der Waals surface area contributed by atoms with Crippen LogP contribution in [0.2, 0.25) is 0 Å². The van der Waals surface area contributed by atoms with Crippen molar-refractivity contribution in [3.05, 3.63) is 155 Å². The van der Waals surface area contributed by atoms with Crippen molar-refractivity contribution in [2.75, 3.05) is 4.90 Å². The van der Waals surface area contributed by atoms with Crippen LogP contribution in [-0.4, -0.2) is 0 Å². The molecule has 0 N–H and O–H groups in total. The lowest BCUT2D eigenvalue weighted by Crippen LogP contribution is -2.15. The van der Waals surface area contributed by atoms with E-state index in [2.05, 4.69) is 178 Å². The molecule has 0 heterocycles. The number of hydrogen-bond donors (Lipinski definition) is 0. The molecule has 0 radical (unpaired) electrons. The molecule has 0 spiro atoms. The molecule has 5 aromatic rings. The quantitative estimate of drug-likeness (QED) is 0.162. The standard InChI is InChI=1S/C42H41N/c1-5-31(6-2)17-19-33-23-27-38-39-28-24-34(30-41(39)42(3,4)40(38)29-33)20-18-32-21-25-37(26-22-32)43(35-13-9-7-10-14-35)36-15-11-8-12-16-36/h7-31H,5-6H2,1-4H3. The van der Waals surface area contributed by atoms with Crippen LogP contribution in [0.4, 0.5) is 17.1 Å². The fourth-order valence-corrected chi connectivity index (χ4v) is 6.32. The van der Waals surface area contributed by atoms with E-state index in [1.807, 2.05) is 0 Å². The number of nitrogens with zero attached hydrogens (tertiary/aromatic N) is 1. The molecule has 0 atom stereocenters.